The van der Waals surface area contributed by atoms with E-state index in [0.717, 1.165) is 6.54 Å². The van der Waals surface area contributed by atoms with Gasteiger partial charge < -0.3 is 0 Å². The minimum absolute atomic E-state index is 0.703. The van der Waals surface area contributed by atoms with Gasteiger partial charge in [0.15, 0.2) is 0 Å². The molecule has 2 heteroatoms. The summed E-state index contributed by atoms with van der Waals surface area (Å²) in [6, 6.07) is 11.0. The second kappa shape index (κ2) is 6.53. The van der Waals surface area contributed by atoms with E-state index >= 15 is 0 Å². The Kier molecular flexibility index (Phi) is 4.52. The molecule has 2 heterocycles. The minimum atomic E-state index is 0.703. The zero-order chi connectivity index (χ0) is 12.9. The van der Waals surface area contributed by atoms with Gasteiger partial charge in [-0.3, -0.25) is 9.80 Å². The highest BCUT2D eigenvalue weighted by atomic mass is 15.4. The Labute approximate surface area is 117 Å². The molecule has 0 amide bonds. The molecule has 2 saturated heterocycles. The maximum Gasteiger partial charge on any atom is 0.0625 e. The average molecular weight is 258 g/mol. The van der Waals surface area contributed by atoms with Crippen molar-refractivity contribution >= 4 is 0 Å². The van der Waals surface area contributed by atoms with E-state index in [4.69, 9.17) is 0 Å². The van der Waals surface area contributed by atoms with Crippen LogP contribution in [-0.4, -0.2) is 35.6 Å². The highest BCUT2D eigenvalue weighted by molar-refractivity contribution is 5.14. The number of rotatable bonds is 3. The fraction of sp³-hybridized carbons (Fsp3) is 0.647. The van der Waals surface area contributed by atoms with Crippen LogP contribution in [0.2, 0.25) is 0 Å². The normalized spacial score (nSPS) is 26.4. The molecule has 0 N–H and O–H groups in total. The van der Waals surface area contributed by atoms with E-state index in [9.17, 15) is 0 Å². The largest absolute Gasteiger partial charge is 0.288 e. The Morgan fingerprint density at radius 2 is 1.58 bits per heavy atom. The topological polar surface area (TPSA) is 6.48 Å². The molecule has 19 heavy (non-hydrogen) atoms. The summed E-state index contributed by atoms with van der Waals surface area (Å²) in [6.45, 7) is 5.03. The predicted molar refractivity (Wildman–Crippen MR) is 79.9 cm³/mol. The van der Waals surface area contributed by atoms with Gasteiger partial charge in [0.25, 0.3) is 0 Å². The molecule has 3 rings (SSSR count). The zero-order valence-electron chi connectivity index (χ0n) is 11.9. The molecule has 0 saturated carbocycles. The van der Waals surface area contributed by atoms with Crippen LogP contribution in [0, 0.1) is 0 Å². The van der Waals surface area contributed by atoms with E-state index in [2.05, 4.69) is 40.1 Å². The fourth-order valence-electron chi connectivity index (χ4n) is 3.61. The van der Waals surface area contributed by atoms with Crippen molar-refractivity contribution in [2.75, 3.05) is 19.6 Å². The molecule has 2 aliphatic rings. The van der Waals surface area contributed by atoms with Crippen LogP contribution in [0.4, 0.5) is 0 Å². The maximum absolute atomic E-state index is 2.74. The van der Waals surface area contributed by atoms with Crippen molar-refractivity contribution in [3.8, 4) is 0 Å². The van der Waals surface area contributed by atoms with Crippen molar-refractivity contribution in [3.05, 3.63) is 35.9 Å². The molecule has 0 spiro atoms. The molecule has 1 aromatic rings. The van der Waals surface area contributed by atoms with Crippen LogP contribution in [-0.2, 0) is 6.54 Å². The molecule has 0 aliphatic carbocycles. The summed E-state index contributed by atoms with van der Waals surface area (Å²) in [5.41, 5.74) is 1.46. The third-order valence-electron chi connectivity index (χ3n) is 4.62. The zero-order valence-corrected chi connectivity index (χ0v) is 11.9. The van der Waals surface area contributed by atoms with Gasteiger partial charge in [0, 0.05) is 6.54 Å². The Balaban J connectivity index is 1.66. The molecular formula is C17H26N2. The van der Waals surface area contributed by atoms with E-state index in [1.54, 1.807) is 0 Å². The molecule has 0 bridgehead atoms. The summed E-state index contributed by atoms with van der Waals surface area (Å²) in [6.07, 6.45) is 9.08. The Morgan fingerprint density at radius 3 is 2.37 bits per heavy atom. The molecular weight excluding hydrogens is 232 g/mol. The summed E-state index contributed by atoms with van der Waals surface area (Å²) >= 11 is 0. The van der Waals surface area contributed by atoms with Gasteiger partial charge in [0.2, 0.25) is 0 Å². The van der Waals surface area contributed by atoms with Crippen LogP contribution in [0.1, 0.15) is 44.1 Å². The number of piperidine rings is 2. The first-order chi connectivity index (χ1) is 9.43. The first-order valence-corrected chi connectivity index (χ1v) is 7.95. The second-order valence-corrected chi connectivity index (χ2v) is 6.03. The van der Waals surface area contributed by atoms with Crippen molar-refractivity contribution in [2.24, 2.45) is 0 Å². The smallest absolute Gasteiger partial charge is 0.0625 e. The van der Waals surface area contributed by atoms with Crippen molar-refractivity contribution in [2.45, 2.75) is 51.2 Å². The molecule has 1 aromatic carbocycles. The lowest BCUT2D eigenvalue weighted by Gasteiger charge is -2.44. The molecule has 104 valence electrons. The first-order valence-electron chi connectivity index (χ1n) is 7.95. The molecule has 0 radical (unpaired) electrons. The summed E-state index contributed by atoms with van der Waals surface area (Å²) in [4.78, 5) is 5.45. The SMILES string of the molecule is c1ccc(CN2CCCCC2N2CCCCC2)cc1. The van der Waals surface area contributed by atoms with Crippen LogP contribution in [0.15, 0.2) is 30.3 Å². The van der Waals surface area contributed by atoms with Gasteiger partial charge >= 0.3 is 0 Å². The van der Waals surface area contributed by atoms with Crippen LogP contribution >= 0.6 is 0 Å². The van der Waals surface area contributed by atoms with Crippen molar-refractivity contribution in [1.82, 2.24) is 9.80 Å². The molecule has 1 unspecified atom stereocenters. The van der Waals surface area contributed by atoms with Crippen LogP contribution in [0.3, 0.4) is 0 Å². The van der Waals surface area contributed by atoms with Crippen molar-refractivity contribution in [1.29, 1.82) is 0 Å². The van der Waals surface area contributed by atoms with Gasteiger partial charge in [0.1, 0.15) is 0 Å². The standard InChI is InChI=1S/C17H26N2/c1-3-9-16(10-4-1)15-19-14-8-5-11-17(19)18-12-6-2-7-13-18/h1,3-4,9-10,17H,2,5-8,11-15H2. The van der Waals surface area contributed by atoms with Gasteiger partial charge in [-0.25, -0.2) is 0 Å². The fourth-order valence-corrected chi connectivity index (χ4v) is 3.61. The van der Waals surface area contributed by atoms with E-state index < -0.39 is 0 Å². The molecule has 2 nitrogen and oxygen atoms in total. The third-order valence-corrected chi connectivity index (χ3v) is 4.62. The molecule has 1 atom stereocenters. The lowest BCUT2D eigenvalue weighted by atomic mass is 10.0. The van der Waals surface area contributed by atoms with Crippen LogP contribution in [0.25, 0.3) is 0 Å². The van der Waals surface area contributed by atoms with Gasteiger partial charge in [-0.2, -0.15) is 0 Å². The Hall–Kier alpha value is -0.860. The number of hydrogen-bond acceptors (Lipinski definition) is 2. The van der Waals surface area contributed by atoms with Crippen LogP contribution in [0.5, 0.6) is 0 Å². The predicted octanol–water partition coefficient (Wildman–Crippen LogP) is 3.48. The van der Waals surface area contributed by atoms with E-state index in [1.807, 2.05) is 0 Å². The molecule has 2 fully saturated rings. The number of likely N-dealkylation sites (tertiary alicyclic amines) is 2. The molecule has 2 aliphatic heterocycles. The summed E-state index contributed by atoms with van der Waals surface area (Å²) in [5, 5.41) is 0. The minimum Gasteiger partial charge on any atom is -0.288 e. The lowest BCUT2D eigenvalue weighted by Crippen LogP contribution is -2.52. The Morgan fingerprint density at radius 1 is 0.842 bits per heavy atom. The van der Waals surface area contributed by atoms with Crippen LogP contribution < -0.4 is 0 Å². The van der Waals surface area contributed by atoms with E-state index in [-0.39, 0.29) is 0 Å². The van der Waals surface area contributed by atoms with Gasteiger partial charge in [-0.1, -0.05) is 36.8 Å². The third kappa shape index (κ3) is 3.37. The summed E-state index contributed by atoms with van der Waals surface area (Å²) in [7, 11) is 0. The van der Waals surface area contributed by atoms with E-state index in [1.165, 1.54) is 63.7 Å². The van der Waals surface area contributed by atoms with Gasteiger partial charge in [0.05, 0.1) is 6.17 Å². The second-order valence-electron chi connectivity index (χ2n) is 6.03. The number of hydrogen-bond donors (Lipinski definition) is 0. The molecule has 0 aromatic heterocycles. The van der Waals surface area contributed by atoms with Gasteiger partial charge in [-0.15, -0.1) is 0 Å². The summed E-state index contributed by atoms with van der Waals surface area (Å²) in [5.74, 6) is 0. The highest BCUT2D eigenvalue weighted by Crippen LogP contribution is 2.25. The van der Waals surface area contributed by atoms with Crippen molar-refractivity contribution < 1.29 is 0 Å². The maximum atomic E-state index is 2.74. The number of benzene rings is 1. The Bertz CT molecular complexity index is 370. The quantitative estimate of drug-likeness (QED) is 0.819. The average Bonchev–Trinajstić information content (AvgIpc) is 2.50. The van der Waals surface area contributed by atoms with Gasteiger partial charge in [-0.05, 0) is 57.3 Å². The first kappa shape index (κ1) is 13.1. The highest BCUT2D eigenvalue weighted by Gasteiger charge is 2.28. The van der Waals surface area contributed by atoms with Crippen molar-refractivity contribution in [3.63, 3.8) is 0 Å². The monoisotopic (exact) mass is 258 g/mol. The lowest BCUT2D eigenvalue weighted by molar-refractivity contribution is -0.00232. The summed E-state index contributed by atoms with van der Waals surface area (Å²) < 4.78 is 0. The number of nitrogens with zero attached hydrogens (tertiary/aromatic N) is 2. The van der Waals surface area contributed by atoms with E-state index in [0.29, 0.717) is 6.17 Å².